The van der Waals surface area contributed by atoms with E-state index in [1.165, 1.54) is 22.8 Å². The Morgan fingerprint density at radius 1 is 1.35 bits per heavy atom. The highest BCUT2D eigenvalue weighted by atomic mass is 127. The molecule has 2 saturated carbocycles. The van der Waals surface area contributed by atoms with Crippen LogP contribution < -0.4 is 11.1 Å². The minimum absolute atomic E-state index is 0. The first-order chi connectivity index (χ1) is 9.10. The number of hydrogen-bond donors (Lipinski definition) is 2. The summed E-state index contributed by atoms with van der Waals surface area (Å²) < 4.78 is 1.17. The monoisotopic (exact) mass is 408 g/mol. The van der Waals surface area contributed by atoms with Gasteiger partial charge in [-0.25, -0.2) is 0 Å². The van der Waals surface area contributed by atoms with E-state index >= 15 is 0 Å². The van der Waals surface area contributed by atoms with Gasteiger partial charge < -0.3 is 11.1 Å². The number of nitrogens with two attached hydrogens (primary N) is 1. The largest absolute Gasteiger partial charge is 0.327 e. The summed E-state index contributed by atoms with van der Waals surface area (Å²) in [4.78, 5) is 11.0. The molecule has 0 aromatic heterocycles. The number of benzene rings is 1. The van der Waals surface area contributed by atoms with Gasteiger partial charge in [0.25, 0.3) is 0 Å². The van der Waals surface area contributed by atoms with Gasteiger partial charge in [0.15, 0.2) is 0 Å². The standard InChI is InChI=1S/C9H10INO.C6H11N.ClH/c1-2-9(12)11-8-5-3-7(10)4-6-8;7-6-3-5(6)4-1-2-4;/h3-6H,2H2,1H3,(H,11,12);4-6H,1-3,7H2;1H/t;5?,6-;/m.0./s1. The van der Waals surface area contributed by atoms with Gasteiger partial charge in [0.05, 0.1) is 0 Å². The van der Waals surface area contributed by atoms with E-state index in [4.69, 9.17) is 5.73 Å². The van der Waals surface area contributed by atoms with Gasteiger partial charge in [-0.2, -0.15) is 0 Å². The molecule has 0 aliphatic heterocycles. The van der Waals surface area contributed by atoms with Crippen LogP contribution >= 0.6 is 35.0 Å². The van der Waals surface area contributed by atoms with Crippen molar-refractivity contribution in [2.24, 2.45) is 17.6 Å². The normalized spacial score (nSPS) is 22.9. The van der Waals surface area contributed by atoms with Crippen molar-refractivity contribution in [2.75, 3.05) is 5.32 Å². The molecule has 3 nitrogen and oxygen atoms in total. The van der Waals surface area contributed by atoms with Crippen LogP contribution in [0.5, 0.6) is 0 Å². The van der Waals surface area contributed by atoms with Crippen molar-refractivity contribution in [3.63, 3.8) is 0 Å². The second kappa shape index (κ2) is 8.20. The fourth-order valence-electron chi connectivity index (χ4n) is 2.08. The summed E-state index contributed by atoms with van der Waals surface area (Å²) >= 11 is 2.23. The maximum absolute atomic E-state index is 11.0. The molecular weight excluding hydrogens is 387 g/mol. The van der Waals surface area contributed by atoms with Crippen LogP contribution in [0.1, 0.15) is 32.6 Å². The third-order valence-corrected chi connectivity index (χ3v) is 4.29. The van der Waals surface area contributed by atoms with Gasteiger partial charge in [-0.3, -0.25) is 4.79 Å². The Hall–Kier alpha value is -0.330. The number of carbonyl (C=O) groups is 1. The van der Waals surface area contributed by atoms with E-state index in [-0.39, 0.29) is 18.3 Å². The Morgan fingerprint density at radius 2 is 1.90 bits per heavy atom. The molecule has 0 bridgehead atoms. The molecule has 2 atom stereocenters. The molecule has 1 unspecified atom stereocenters. The summed E-state index contributed by atoms with van der Waals surface area (Å²) in [6.45, 7) is 1.84. The van der Waals surface area contributed by atoms with Crippen LogP contribution in [-0.4, -0.2) is 11.9 Å². The first-order valence-electron chi connectivity index (χ1n) is 6.91. The van der Waals surface area contributed by atoms with Gasteiger partial charge in [-0.15, -0.1) is 12.4 Å². The van der Waals surface area contributed by atoms with E-state index in [0.29, 0.717) is 12.5 Å². The van der Waals surface area contributed by atoms with Gasteiger partial charge in [-0.05, 0) is 78.0 Å². The second-order valence-corrected chi connectivity index (χ2v) is 6.56. The van der Waals surface area contributed by atoms with Crippen LogP contribution in [0, 0.1) is 15.4 Å². The fourth-order valence-corrected chi connectivity index (χ4v) is 2.44. The van der Waals surface area contributed by atoms with Gasteiger partial charge >= 0.3 is 0 Å². The van der Waals surface area contributed by atoms with Crippen LogP contribution in [-0.2, 0) is 4.79 Å². The van der Waals surface area contributed by atoms with Gasteiger partial charge in [0.1, 0.15) is 0 Å². The first kappa shape index (κ1) is 17.7. The van der Waals surface area contributed by atoms with E-state index < -0.39 is 0 Å². The van der Waals surface area contributed by atoms with Gasteiger partial charge in [0, 0.05) is 21.7 Å². The Bertz CT molecular complexity index is 434. The minimum Gasteiger partial charge on any atom is -0.327 e. The summed E-state index contributed by atoms with van der Waals surface area (Å²) in [7, 11) is 0. The van der Waals surface area contributed by atoms with E-state index in [1.54, 1.807) is 0 Å². The van der Waals surface area contributed by atoms with Crippen molar-refractivity contribution in [1.82, 2.24) is 0 Å². The molecule has 0 saturated heterocycles. The van der Waals surface area contributed by atoms with Crippen LogP contribution in [0.25, 0.3) is 0 Å². The molecule has 0 radical (unpaired) electrons. The molecule has 112 valence electrons. The number of nitrogens with one attached hydrogen (secondary N) is 1. The van der Waals surface area contributed by atoms with Crippen molar-refractivity contribution in [2.45, 2.75) is 38.6 Å². The van der Waals surface area contributed by atoms with Crippen molar-refractivity contribution in [1.29, 1.82) is 0 Å². The Balaban J connectivity index is 0.000000212. The van der Waals surface area contributed by atoms with Crippen molar-refractivity contribution >= 4 is 46.6 Å². The number of rotatable bonds is 3. The number of anilines is 1. The minimum atomic E-state index is 0. The molecule has 1 aromatic rings. The summed E-state index contributed by atoms with van der Waals surface area (Å²) in [6.07, 6.45) is 4.79. The number of carbonyl (C=O) groups excluding carboxylic acids is 1. The van der Waals surface area contributed by atoms with Crippen molar-refractivity contribution in [3.05, 3.63) is 27.8 Å². The lowest BCUT2D eigenvalue weighted by molar-refractivity contribution is -0.115. The zero-order valence-corrected chi connectivity index (χ0v) is 14.6. The molecule has 2 fully saturated rings. The number of hydrogen-bond acceptors (Lipinski definition) is 2. The Labute approximate surface area is 140 Å². The molecule has 0 spiro atoms. The van der Waals surface area contributed by atoms with Crippen molar-refractivity contribution in [3.8, 4) is 0 Å². The van der Waals surface area contributed by atoms with E-state index in [0.717, 1.165) is 17.5 Å². The molecule has 1 amide bonds. The molecule has 0 heterocycles. The van der Waals surface area contributed by atoms with Crippen LogP contribution in [0.3, 0.4) is 0 Å². The topological polar surface area (TPSA) is 55.1 Å². The zero-order valence-electron chi connectivity index (χ0n) is 11.6. The Morgan fingerprint density at radius 3 is 2.25 bits per heavy atom. The molecule has 5 heteroatoms. The summed E-state index contributed by atoms with van der Waals surface area (Å²) in [5, 5.41) is 2.78. The second-order valence-electron chi connectivity index (χ2n) is 5.31. The van der Waals surface area contributed by atoms with Crippen LogP contribution in [0.2, 0.25) is 0 Å². The molecule has 20 heavy (non-hydrogen) atoms. The lowest BCUT2D eigenvalue weighted by Gasteiger charge is -2.02. The fraction of sp³-hybridized carbons (Fsp3) is 0.533. The number of halogens is 2. The SMILES string of the molecule is CCC(=O)Nc1ccc(I)cc1.Cl.N[C@H]1CC1C1CC1. The molecule has 2 aliphatic carbocycles. The lowest BCUT2D eigenvalue weighted by atomic mass is 10.3. The van der Waals surface area contributed by atoms with E-state index in [1.807, 2.05) is 31.2 Å². The highest BCUT2D eigenvalue weighted by Gasteiger charge is 2.44. The van der Waals surface area contributed by atoms with E-state index in [9.17, 15) is 4.79 Å². The molecule has 3 rings (SSSR count). The quantitative estimate of drug-likeness (QED) is 0.747. The van der Waals surface area contributed by atoms with Crippen LogP contribution in [0.15, 0.2) is 24.3 Å². The smallest absolute Gasteiger partial charge is 0.224 e. The number of amides is 1. The predicted octanol–water partition coefficient (Wildman–Crippen LogP) is 3.81. The van der Waals surface area contributed by atoms with E-state index in [2.05, 4.69) is 27.9 Å². The average Bonchev–Trinajstić information content (AvgIpc) is 3.28. The first-order valence-corrected chi connectivity index (χ1v) is 7.99. The zero-order chi connectivity index (χ0) is 13.8. The Kier molecular flexibility index (Phi) is 7.26. The maximum Gasteiger partial charge on any atom is 0.224 e. The predicted molar refractivity (Wildman–Crippen MR) is 94.1 cm³/mol. The third kappa shape index (κ3) is 5.97. The lowest BCUT2D eigenvalue weighted by Crippen LogP contribution is -2.08. The third-order valence-electron chi connectivity index (χ3n) is 3.57. The van der Waals surface area contributed by atoms with Gasteiger partial charge in [0.2, 0.25) is 5.91 Å². The highest BCUT2D eigenvalue weighted by molar-refractivity contribution is 14.1. The molecular formula is C15H22ClIN2O. The van der Waals surface area contributed by atoms with Crippen LogP contribution in [0.4, 0.5) is 5.69 Å². The van der Waals surface area contributed by atoms with Crippen molar-refractivity contribution < 1.29 is 4.79 Å². The average molecular weight is 409 g/mol. The maximum atomic E-state index is 11.0. The summed E-state index contributed by atoms with van der Waals surface area (Å²) in [5.41, 5.74) is 6.47. The highest BCUT2D eigenvalue weighted by Crippen LogP contribution is 2.48. The molecule has 2 aliphatic rings. The molecule has 1 aromatic carbocycles. The molecule has 3 N–H and O–H groups in total. The summed E-state index contributed by atoms with van der Waals surface area (Å²) in [5.74, 6) is 2.08. The van der Waals surface area contributed by atoms with Gasteiger partial charge in [-0.1, -0.05) is 6.92 Å². The summed E-state index contributed by atoms with van der Waals surface area (Å²) in [6, 6.07) is 8.33.